The summed E-state index contributed by atoms with van der Waals surface area (Å²) in [5, 5.41) is 1.86. The number of ether oxygens (including phenoxy) is 1. The van der Waals surface area contributed by atoms with Gasteiger partial charge in [-0.25, -0.2) is 5.06 Å². The summed E-state index contributed by atoms with van der Waals surface area (Å²) >= 11 is 0. The Bertz CT molecular complexity index is 722. The zero-order valence-corrected chi connectivity index (χ0v) is 23.4. The van der Waals surface area contributed by atoms with Gasteiger partial charge in [-0.15, -0.1) is 0 Å². The Morgan fingerprint density at radius 2 is 1.59 bits per heavy atom. The average Bonchev–Trinajstić information content (AvgIpc) is 3.12. The topological polar surface area (TPSA) is 38.8 Å². The Morgan fingerprint density at radius 3 is 2.26 bits per heavy atom. The largest absolute Gasteiger partial charge is 0.375 e. The minimum Gasteiger partial charge on any atom is -0.375 e. The van der Waals surface area contributed by atoms with Crippen molar-refractivity contribution in [1.82, 2.24) is 5.06 Å². The van der Waals surface area contributed by atoms with Gasteiger partial charge in [-0.1, -0.05) is 48.0 Å². The predicted molar refractivity (Wildman–Crippen MR) is 138 cm³/mol. The predicted octanol–water partition coefficient (Wildman–Crippen LogP) is 7.41. The Labute approximate surface area is 209 Å². The molecule has 1 amide bonds. The maximum atomic E-state index is 13.2. The molecule has 1 heterocycles. The van der Waals surface area contributed by atoms with E-state index in [1.54, 1.807) is 0 Å². The number of hydrogen-bond donors (Lipinski definition) is 0. The summed E-state index contributed by atoms with van der Waals surface area (Å²) in [5.41, 5.74) is 0.612. The third-order valence-electron chi connectivity index (χ3n) is 10.3. The third-order valence-corrected chi connectivity index (χ3v) is 10.3. The molecule has 4 fully saturated rings. The molecule has 3 saturated carbocycles. The van der Waals surface area contributed by atoms with Gasteiger partial charge in [0.1, 0.15) is 0 Å². The van der Waals surface area contributed by atoms with Crippen LogP contribution in [0, 0.1) is 40.4 Å². The molecule has 196 valence electrons. The van der Waals surface area contributed by atoms with Crippen molar-refractivity contribution in [1.29, 1.82) is 0 Å². The molecule has 0 aromatic rings. The maximum absolute atomic E-state index is 13.2. The molecule has 4 nitrogen and oxygen atoms in total. The number of fused-ring (bicyclic) bond motifs is 5. The lowest BCUT2D eigenvalue weighted by atomic mass is 9.47. The summed E-state index contributed by atoms with van der Waals surface area (Å²) in [6, 6.07) is 0.131. The molecular formula is C30H53NO3. The molecule has 0 aromatic heterocycles. The molecule has 0 bridgehead atoms. The van der Waals surface area contributed by atoms with Crippen LogP contribution in [-0.4, -0.2) is 35.3 Å². The van der Waals surface area contributed by atoms with Gasteiger partial charge in [-0.05, 0) is 106 Å². The number of hydrogen-bond acceptors (Lipinski definition) is 3. The highest BCUT2D eigenvalue weighted by atomic mass is 16.7. The highest BCUT2D eigenvalue weighted by Crippen LogP contribution is 2.65. The second-order valence-electron chi connectivity index (χ2n) is 14.0. The Morgan fingerprint density at radius 1 is 0.912 bits per heavy atom. The zero-order valence-electron chi connectivity index (χ0n) is 23.4. The van der Waals surface area contributed by atoms with Gasteiger partial charge in [0.15, 0.2) is 0 Å². The van der Waals surface area contributed by atoms with Gasteiger partial charge in [0, 0.05) is 6.42 Å². The summed E-state index contributed by atoms with van der Waals surface area (Å²) < 4.78 is 6.98. The fourth-order valence-corrected chi connectivity index (χ4v) is 8.94. The van der Waals surface area contributed by atoms with Crippen LogP contribution in [0.3, 0.4) is 0 Å². The SMILES string of the molecule is CC(C)CC(C)OC1CC2N(OC(C)CC(C)C)C(=O)CC[C@]2(C)[C@@H]2CC[C@]3(C)CCC[C@H]3[C@H]12. The molecule has 3 aliphatic carbocycles. The number of amides is 1. The first kappa shape index (κ1) is 26.5. The van der Waals surface area contributed by atoms with Gasteiger partial charge in [0.2, 0.25) is 5.91 Å². The number of nitrogens with zero attached hydrogens (tertiary/aromatic N) is 1. The number of carbonyl (C=O) groups excluding carboxylic acids is 1. The lowest BCUT2D eigenvalue weighted by molar-refractivity contribution is -0.278. The van der Waals surface area contributed by atoms with E-state index in [2.05, 4.69) is 55.4 Å². The van der Waals surface area contributed by atoms with Crippen LogP contribution in [0.4, 0.5) is 0 Å². The normalized spacial score (nSPS) is 41.9. The minimum absolute atomic E-state index is 0.0627. The molecule has 0 radical (unpaired) electrons. The molecule has 1 saturated heterocycles. The first-order chi connectivity index (χ1) is 15.9. The monoisotopic (exact) mass is 475 g/mol. The Balaban J connectivity index is 1.65. The standard InChI is InChI=1S/C30H53NO3/c1-19(2)16-21(5)33-25-18-26-30(8,15-12-27(32)31(26)34-22(6)17-20(3)4)24-11-14-29(7)13-9-10-23(29)28(24)25/h19-26,28H,9-18H2,1-8H3/t21?,22?,23-,24+,25?,26?,28-,29-,30+/m0/s1. The van der Waals surface area contributed by atoms with E-state index >= 15 is 0 Å². The third kappa shape index (κ3) is 4.97. The first-order valence-electron chi connectivity index (χ1n) is 14.6. The molecule has 34 heavy (non-hydrogen) atoms. The number of hydroxylamine groups is 2. The minimum atomic E-state index is 0.0627. The van der Waals surface area contributed by atoms with Crippen LogP contribution >= 0.6 is 0 Å². The fourth-order valence-electron chi connectivity index (χ4n) is 8.94. The van der Waals surface area contributed by atoms with E-state index in [4.69, 9.17) is 9.57 Å². The number of piperidine rings is 1. The Hall–Kier alpha value is -0.610. The smallest absolute Gasteiger partial charge is 0.246 e. The van der Waals surface area contributed by atoms with Crippen molar-refractivity contribution in [3.63, 3.8) is 0 Å². The molecular weight excluding hydrogens is 422 g/mol. The van der Waals surface area contributed by atoms with Crippen molar-refractivity contribution in [2.75, 3.05) is 0 Å². The molecule has 4 unspecified atom stereocenters. The number of carbonyl (C=O) groups is 1. The van der Waals surface area contributed by atoms with E-state index in [9.17, 15) is 4.79 Å². The van der Waals surface area contributed by atoms with Gasteiger partial charge in [0.25, 0.3) is 0 Å². The summed E-state index contributed by atoms with van der Waals surface area (Å²) in [7, 11) is 0. The Kier molecular flexibility index (Phi) is 7.81. The molecule has 4 aliphatic rings. The van der Waals surface area contributed by atoms with Crippen LogP contribution in [0.15, 0.2) is 0 Å². The zero-order chi connectivity index (χ0) is 24.8. The molecule has 4 heteroatoms. The maximum Gasteiger partial charge on any atom is 0.246 e. The van der Waals surface area contributed by atoms with Crippen molar-refractivity contribution in [2.24, 2.45) is 40.4 Å². The first-order valence-corrected chi connectivity index (χ1v) is 14.6. The van der Waals surface area contributed by atoms with Crippen molar-refractivity contribution in [2.45, 2.75) is 144 Å². The molecule has 0 aromatic carbocycles. The number of rotatable bonds is 8. The van der Waals surface area contributed by atoms with Gasteiger partial charge >= 0.3 is 0 Å². The lowest BCUT2D eigenvalue weighted by Gasteiger charge is -2.63. The van der Waals surface area contributed by atoms with Crippen molar-refractivity contribution < 1.29 is 14.4 Å². The molecule has 4 rings (SSSR count). The van der Waals surface area contributed by atoms with Crippen LogP contribution in [0.1, 0.15) is 120 Å². The van der Waals surface area contributed by atoms with Gasteiger partial charge in [-0.3, -0.25) is 9.63 Å². The molecule has 0 N–H and O–H groups in total. The van der Waals surface area contributed by atoms with Crippen LogP contribution in [0.2, 0.25) is 0 Å². The van der Waals surface area contributed by atoms with Gasteiger partial charge in [0.05, 0.1) is 24.4 Å². The lowest BCUT2D eigenvalue weighted by Crippen LogP contribution is -2.66. The molecule has 0 spiro atoms. The van der Waals surface area contributed by atoms with Gasteiger partial charge < -0.3 is 4.74 Å². The highest BCUT2D eigenvalue weighted by molar-refractivity contribution is 5.76. The van der Waals surface area contributed by atoms with Gasteiger partial charge in [-0.2, -0.15) is 0 Å². The van der Waals surface area contributed by atoms with E-state index in [-0.39, 0.29) is 35.7 Å². The van der Waals surface area contributed by atoms with Crippen molar-refractivity contribution in [3.8, 4) is 0 Å². The van der Waals surface area contributed by atoms with E-state index in [1.165, 1.54) is 32.1 Å². The molecule has 1 aliphatic heterocycles. The second kappa shape index (κ2) is 10.0. The van der Waals surface area contributed by atoms with Crippen LogP contribution in [0.5, 0.6) is 0 Å². The fraction of sp³-hybridized carbons (Fsp3) is 0.967. The van der Waals surface area contributed by atoms with E-state index < -0.39 is 0 Å². The van der Waals surface area contributed by atoms with Crippen molar-refractivity contribution in [3.05, 3.63) is 0 Å². The van der Waals surface area contributed by atoms with Crippen LogP contribution < -0.4 is 0 Å². The van der Waals surface area contributed by atoms with Crippen LogP contribution in [-0.2, 0) is 14.4 Å². The second-order valence-corrected chi connectivity index (χ2v) is 14.0. The summed E-state index contributed by atoms with van der Waals surface area (Å²) in [6.07, 6.45) is 12.0. The quantitative estimate of drug-likeness (QED) is 0.367. The van der Waals surface area contributed by atoms with E-state index in [0.717, 1.165) is 31.6 Å². The summed E-state index contributed by atoms with van der Waals surface area (Å²) in [6.45, 7) is 18.5. The van der Waals surface area contributed by atoms with Crippen LogP contribution in [0.25, 0.3) is 0 Å². The average molecular weight is 476 g/mol. The van der Waals surface area contributed by atoms with Crippen molar-refractivity contribution >= 4 is 5.91 Å². The van der Waals surface area contributed by atoms with E-state index in [0.29, 0.717) is 35.5 Å². The summed E-state index contributed by atoms with van der Waals surface area (Å²) in [5.74, 6) is 3.40. The molecule has 9 atom stereocenters. The van der Waals surface area contributed by atoms with E-state index in [1.807, 2.05) is 5.06 Å². The highest BCUT2D eigenvalue weighted by Gasteiger charge is 2.63. The summed E-state index contributed by atoms with van der Waals surface area (Å²) in [4.78, 5) is 19.7.